The van der Waals surface area contributed by atoms with Crippen LogP contribution in [0.15, 0.2) is 66.7 Å². The third kappa shape index (κ3) is 3.99. The standard InChI is InChI=1S/C24H19ClN2O2S/c1-15-20(25)12-13-21-22(15)26-24(30-21)27(14-17-6-4-3-5-7-17)23(29)19-10-8-18(9-11-19)16(2)28/h3-13H,14H2,1-2H3. The van der Waals surface area contributed by atoms with Crippen LogP contribution in [-0.4, -0.2) is 16.7 Å². The summed E-state index contributed by atoms with van der Waals surface area (Å²) in [6.07, 6.45) is 0. The van der Waals surface area contributed by atoms with Gasteiger partial charge < -0.3 is 0 Å². The Bertz CT molecular complexity index is 1230. The molecule has 0 atom stereocenters. The molecule has 1 heterocycles. The lowest BCUT2D eigenvalue weighted by Gasteiger charge is -2.20. The summed E-state index contributed by atoms with van der Waals surface area (Å²) in [6.45, 7) is 3.83. The van der Waals surface area contributed by atoms with Gasteiger partial charge in [0.05, 0.1) is 16.8 Å². The number of ketones is 1. The number of thiazole rings is 1. The first-order valence-electron chi connectivity index (χ1n) is 9.46. The molecule has 4 aromatic rings. The molecule has 6 heteroatoms. The maximum atomic E-state index is 13.4. The largest absolute Gasteiger partial charge is 0.295 e. The molecule has 0 N–H and O–H groups in total. The first kappa shape index (κ1) is 20.3. The zero-order chi connectivity index (χ0) is 21.3. The number of aryl methyl sites for hydroxylation is 1. The Morgan fingerprint density at radius 2 is 1.63 bits per heavy atom. The van der Waals surface area contributed by atoms with Crippen LogP contribution in [0.3, 0.4) is 0 Å². The van der Waals surface area contributed by atoms with Crippen LogP contribution in [0.1, 0.15) is 38.8 Å². The van der Waals surface area contributed by atoms with Gasteiger partial charge in [0, 0.05) is 16.1 Å². The van der Waals surface area contributed by atoms with Gasteiger partial charge in [0.25, 0.3) is 5.91 Å². The van der Waals surface area contributed by atoms with E-state index in [0.29, 0.717) is 27.8 Å². The minimum atomic E-state index is -0.170. The summed E-state index contributed by atoms with van der Waals surface area (Å²) in [5.74, 6) is -0.203. The number of hydrogen-bond acceptors (Lipinski definition) is 4. The zero-order valence-corrected chi connectivity index (χ0v) is 18.1. The summed E-state index contributed by atoms with van der Waals surface area (Å²) >= 11 is 7.72. The summed E-state index contributed by atoms with van der Waals surface area (Å²) in [7, 11) is 0. The summed E-state index contributed by atoms with van der Waals surface area (Å²) in [4.78, 5) is 31.4. The zero-order valence-electron chi connectivity index (χ0n) is 16.6. The van der Waals surface area contributed by atoms with Crippen molar-refractivity contribution >= 4 is 50.0 Å². The molecular weight excluding hydrogens is 416 g/mol. The number of Topliss-reactive ketones (excluding diaryl/α,β-unsaturated/α-hetero) is 1. The predicted octanol–water partition coefficient (Wildman–Crippen LogP) is 6.31. The van der Waals surface area contributed by atoms with Crippen LogP contribution in [-0.2, 0) is 6.54 Å². The van der Waals surface area contributed by atoms with Gasteiger partial charge >= 0.3 is 0 Å². The lowest BCUT2D eigenvalue weighted by molar-refractivity contribution is 0.0981. The predicted molar refractivity (Wildman–Crippen MR) is 123 cm³/mol. The highest BCUT2D eigenvalue weighted by Crippen LogP contribution is 2.34. The number of anilines is 1. The van der Waals surface area contributed by atoms with E-state index in [1.165, 1.54) is 18.3 Å². The Morgan fingerprint density at radius 3 is 2.30 bits per heavy atom. The molecule has 1 aromatic heterocycles. The quantitative estimate of drug-likeness (QED) is 0.346. The van der Waals surface area contributed by atoms with Gasteiger partial charge in [-0.15, -0.1) is 0 Å². The monoisotopic (exact) mass is 434 g/mol. The molecule has 4 nitrogen and oxygen atoms in total. The van der Waals surface area contributed by atoms with Crippen LogP contribution >= 0.6 is 22.9 Å². The van der Waals surface area contributed by atoms with Gasteiger partial charge in [-0.2, -0.15) is 0 Å². The van der Waals surface area contributed by atoms with Crippen molar-refractivity contribution in [2.75, 3.05) is 4.90 Å². The highest BCUT2D eigenvalue weighted by molar-refractivity contribution is 7.22. The summed E-state index contributed by atoms with van der Waals surface area (Å²) in [5.41, 5.74) is 3.78. The van der Waals surface area contributed by atoms with Crippen molar-refractivity contribution in [2.45, 2.75) is 20.4 Å². The number of nitrogens with zero attached hydrogens (tertiary/aromatic N) is 2. The van der Waals surface area contributed by atoms with E-state index in [1.807, 2.05) is 49.4 Å². The SMILES string of the molecule is CC(=O)c1ccc(C(=O)N(Cc2ccccc2)c2nc3c(C)c(Cl)ccc3s2)cc1. The number of aromatic nitrogens is 1. The third-order valence-electron chi connectivity index (χ3n) is 4.93. The Balaban J connectivity index is 1.77. The first-order valence-corrected chi connectivity index (χ1v) is 10.7. The average Bonchev–Trinajstić information content (AvgIpc) is 3.20. The van der Waals surface area contributed by atoms with Crippen molar-refractivity contribution in [1.29, 1.82) is 0 Å². The lowest BCUT2D eigenvalue weighted by atomic mass is 10.1. The molecule has 0 aliphatic carbocycles. The maximum Gasteiger partial charge on any atom is 0.260 e. The number of amides is 1. The molecule has 0 unspecified atom stereocenters. The van der Waals surface area contributed by atoms with Gasteiger partial charge in [-0.3, -0.25) is 14.5 Å². The fourth-order valence-electron chi connectivity index (χ4n) is 3.20. The molecule has 30 heavy (non-hydrogen) atoms. The number of halogens is 1. The van der Waals surface area contributed by atoms with E-state index in [2.05, 4.69) is 0 Å². The van der Waals surface area contributed by atoms with Gasteiger partial charge in [0.15, 0.2) is 10.9 Å². The van der Waals surface area contributed by atoms with Gasteiger partial charge in [-0.1, -0.05) is 65.4 Å². The fourth-order valence-corrected chi connectivity index (χ4v) is 4.38. The van der Waals surface area contributed by atoms with E-state index in [1.54, 1.807) is 29.2 Å². The molecule has 0 aliphatic rings. The molecular formula is C24H19ClN2O2S. The second-order valence-corrected chi connectivity index (χ2v) is 8.44. The van der Waals surface area contributed by atoms with Crippen molar-refractivity contribution in [3.05, 3.63) is 94.0 Å². The second-order valence-electron chi connectivity index (χ2n) is 7.03. The molecule has 0 aliphatic heterocycles. The summed E-state index contributed by atoms with van der Waals surface area (Å²) < 4.78 is 0.977. The number of rotatable bonds is 5. The van der Waals surface area contributed by atoms with E-state index in [0.717, 1.165) is 21.3 Å². The number of carbonyl (C=O) groups excluding carboxylic acids is 2. The van der Waals surface area contributed by atoms with Crippen molar-refractivity contribution in [3.8, 4) is 0 Å². The molecule has 4 rings (SSSR count). The molecule has 0 spiro atoms. The summed E-state index contributed by atoms with van der Waals surface area (Å²) in [5, 5.41) is 1.26. The maximum absolute atomic E-state index is 13.4. The van der Waals surface area contributed by atoms with Crippen LogP contribution in [0.25, 0.3) is 10.2 Å². The Kier molecular flexibility index (Phi) is 5.66. The molecule has 0 fully saturated rings. The topological polar surface area (TPSA) is 50.3 Å². The Hall–Kier alpha value is -3.02. The third-order valence-corrected chi connectivity index (χ3v) is 6.39. The van der Waals surface area contributed by atoms with Gasteiger partial charge in [-0.05, 0) is 49.2 Å². The van der Waals surface area contributed by atoms with E-state index >= 15 is 0 Å². The van der Waals surface area contributed by atoms with Crippen LogP contribution in [0, 0.1) is 6.92 Å². The van der Waals surface area contributed by atoms with E-state index < -0.39 is 0 Å². The Morgan fingerprint density at radius 1 is 0.967 bits per heavy atom. The van der Waals surface area contributed by atoms with E-state index in [9.17, 15) is 9.59 Å². The van der Waals surface area contributed by atoms with Gasteiger partial charge in [0.2, 0.25) is 0 Å². The van der Waals surface area contributed by atoms with E-state index in [-0.39, 0.29) is 11.7 Å². The highest BCUT2D eigenvalue weighted by Gasteiger charge is 2.22. The first-order chi connectivity index (χ1) is 14.4. The van der Waals surface area contributed by atoms with Crippen LogP contribution in [0.2, 0.25) is 5.02 Å². The minimum absolute atomic E-state index is 0.0336. The molecule has 0 radical (unpaired) electrons. The van der Waals surface area contributed by atoms with E-state index in [4.69, 9.17) is 16.6 Å². The van der Waals surface area contributed by atoms with Crippen LogP contribution < -0.4 is 4.90 Å². The number of carbonyl (C=O) groups is 2. The Labute approximate surface area is 183 Å². The number of fused-ring (bicyclic) bond motifs is 1. The summed E-state index contributed by atoms with van der Waals surface area (Å²) in [6, 6.07) is 20.3. The lowest BCUT2D eigenvalue weighted by Crippen LogP contribution is -2.30. The smallest absolute Gasteiger partial charge is 0.260 e. The van der Waals surface area contributed by atoms with Crippen molar-refractivity contribution in [2.24, 2.45) is 0 Å². The molecule has 1 amide bonds. The second kappa shape index (κ2) is 8.38. The fraction of sp³-hybridized carbons (Fsp3) is 0.125. The highest BCUT2D eigenvalue weighted by atomic mass is 35.5. The molecule has 0 saturated carbocycles. The van der Waals surface area contributed by atoms with Crippen molar-refractivity contribution in [3.63, 3.8) is 0 Å². The number of hydrogen-bond donors (Lipinski definition) is 0. The van der Waals surface area contributed by atoms with Crippen LogP contribution in [0.4, 0.5) is 5.13 Å². The van der Waals surface area contributed by atoms with Gasteiger partial charge in [-0.25, -0.2) is 4.98 Å². The average molecular weight is 435 g/mol. The minimum Gasteiger partial charge on any atom is -0.295 e. The molecule has 0 bridgehead atoms. The van der Waals surface area contributed by atoms with Crippen molar-refractivity contribution in [1.82, 2.24) is 4.98 Å². The van der Waals surface area contributed by atoms with Gasteiger partial charge in [0.1, 0.15) is 0 Å². The molecule has 150 valence electrons. The number of benzene rings is 3. The normalized spacial score (nSPS) is 10.9. The van der Waals surface area contributed by atoms with Crippen molar-refractivity contribution < 1.29 is 9.59 Å². The van der Waals surface area contributed by atoms with Crippen LogP contribution in [0.5, 0.6) is 0 Å². The molecule has 3 aromatic carbocycles. The molecule has 0 saturated heterocycles.